The summed E-state index contributed by atoms with van der Waals surface area (Å²) < 4.78 is 45.8. The van der Waals surface area contributed by atoms with Gasteiger partial charge in [0, 0.05) is 5.69 Å². The minimum Gasteiger partial charge on any atom is -0.465 e. The van der Waals surface area contributed by atoms with Crippen molar-refractivity contribution in [2.24, 2.45) is 0 Å². The fourth-order valence-corrected chi connectivity index (χ4v) is 2.35. The van der Waals surface area contributed by atoms with Gasteiger partial charge in [-0.05, 0) is 31.5 Å². The molecule has 0 aliphatic carbocycles. The molecule has 1 amide bonds. The van der Waals surface area contributed by atoms with Gasteiger partial charge in [0.25, 0.3) is 5.91 Å². The highest BCUT2D eigenvalue weighted by Gasteiger charge is 2.32. The van der Waals surface area contributed by atoms with E-state index in [2.05, 4.69) is 19.8 Å². The first kappa shape index (κ1) is 18.4. The molecule has 0 aliphatic heterocycles. The number of hydrogen-bond donors (Lipinski definition) is 2. The van der Waals surface area contributed by atoms with Gasteiger partial charge in [0.05, 0.1) is 18.4 Å². The normalized spacial score (nSPS) is 11.1. The van der Waals surface area contributed by atoms with Crippen LogP contribution >= 0.6 is 0 Å². The van der Waals surface area contributed by atoms with Crippen LogP contribution in [-0.4, -0.2) is 30.3 Å². The lowest BCUT2D eigenvalue weighted by Gasteiger charge is -2.13. The van der Waals surface area contributed by atoms with Crippen LogP contribution in [0.4, 0.5) is 18.9 Å². The number of nitrogens with one attached hydrogen (secondary N) is 2. The third-order valence-electron chi connectivity index (χ3n) is 3.42. The number of aromatic nitrogens is 1. The number of anilines is 1. The summed E-state index contributed by atoms with van der Waals surface area (Å²) >= 11 is 0. The summed E-state index contributed by atoms with van der Waals surface area (Å²) in [5, 5.41) is 2.34. The number of aryl methyl sites for hydroxylation is 1. The van der Waals surface area contributed by atoms with E-state index in [1.807, 2.05) is 0 Å². The van der Waals surface area contributed by atoms with E-state index in [0.29, 0.717) is 11.3 Å². The van der Waals surface area contributed by atoms with Crippen molar-refractivity contribution in [1.29, 1.82) is 0 Å². The number of H-pyrrole nitrogens is 1. The second-order valence-corrected chi connectivity index (χ2v) is 5.11. The fraction of sp³-hybridized carbons (Fsp3) is 0.250. The van der Waals surface area contributed by atoms with Crippen molar-refractivity contribution in [3.8, 4) is 5.75 Å². The van der Waals surface area contributed by atoms with E-state index < -0.39 is 24.0 Å². The van der Waals surface area contributed by atoms with Crippen LogP contribution in [0, 0.1) is 13.8 Å². The predicted molar refractivity (Wildman–Crippen MR) is 82.7 cm³/mol. The molecular weight excluding hydrogens is 341 g/mol. The van der Waals surface area contributed by atoms with Crippen LogP contribution in [0.2, 0.25) is 0 Å². The summed E-state index contributed by atoms with van der Waals surface area (Å²) in [5.41, 5.74) is 0.827. The van der Waals surface area contributed by atoms with Crippen molar-refractivity contribution < 1.29 is 32.2 Å². The third kappa shape index (κ3) is 4.11. The highest BCUT2D eigenvalue weighted by molar-refractivity contribution is 6.07. The second kappa shape index (κ2) is 6.88. The molecule has 1 aromatic carbocycles. The Bertz CT molecular complexity index is 812. The summed E-state index contributed by atoms with van der Waals surface area (Å²) in [4.78, 5) is 26.9. The minimum atomic E-state index is -4.89. The number of alkyl halides is 3. The number of hydrogen-bond acceptors (Lipinski definition) is 4. The number of ether oxygens (including phenoxy) is 2. The molecule has 0 saturated heterocycles. The minimum absolute atomic E-state index is 0.0414. The molecule has 0 bridgehead atoms. The Morgan fingerprint density at radius 3 is 2.40 bits per heavy atom. The molecule has 0 radical (unpaired) electrons. The van der Waals surface area contributed by atoms with Crippen LogP contribution in [0.1, 0.15) is 32.1 Å². The van der Waals surface area contributed by atoms with Gasteiger partial charge in [-0.25, -0.2) is 4.79 Å². The Hall–Kier alpha value is -2.97. The molecule has 6 nitrogen and oxygen atoms in total. The number of benzene rings is 1. The number of amides is 1. The molecule has 2 rings (SSSR count). The second-order valence-electron chi connectivity index (χ2n) is 5.11. The van der Waals surface area contributed by atoms with Crippen molar-refractivity contribution >= 4 is 17.6 Å². The lowest BCUT2D eigenvalue weighted by molar-refractivity contribution is -0.274. The highest BCUT2D eigenvalue weighted by Crippen LogP contribution is 2.30. The molecule has 2 N–H and O–H groups in total. The van der Waals surface area contributed by atoms with E-state index >= 15 is 0 Å². The van der Waals surface area contributed by atoms with E-state index in [1.54, 1.807) is 6.92 Å². The molecule has 2 aromatic rings. The number of aromatic amines is 1. The van der Waals surface area contributed by atoms with Gasteiger partial charge < -0.3 is 19.8 Å². The van der Waals surface area contributed by atoms with Gasteiger partial charge in [-0.1, -0.05) is 12.1 Å². The molecule has 0 spiro atoms. The Kier molecular flexibility index (Phi) is 5.05. The average molecular weight is 356 g/mol. The molecule has 0 saturated carbocycles. The molecule has 0 fully saturated rings. The molecular formula is C16H15F3N2O4. The Morgan fingerprint density at radius 2 is 1.80 bits per heavy atom. The molecule has 0 unspecified atom stereocenters. The van der Waals surface area contributed by atoms with E-state index in [1.165, 1.54) is 32.2 Å². The van der Waals surface area contributed by atoms with Gasteiger partial charge in [0.1, 0.15) is 5.69 Å². The standard InChI is InChI=1S/C16H15F3N2O4/c1-8-12(15(23)24-3)9(2)20-13(8)14(22)21-10-6-4-5-7-11(10)25-16(17,18)19/h4-7,20H,1-3H3,(H,21,22). The van der Waals surface area contributed by atoms with Crippen molar-refractivity contribution in [3.05, 3.63) is 46.8 Å². The number of carbonyl (C=O) groups excluding carboxylic acids is 2. The largest absolute Gasteiger partial charge is 0.573 e. The quantitative estimate of drug-likeness (QED) is 0.821. The first-order valence-electron chi connectivity index (χ1n) is 7.07. The Morgan fingerprint density at radius 1 is 1.16 bits per heavy atom. The zero-order valence-corrected chi connectivity index (χ0v) is 13.6. The van der Waals surface area contributed by atoms with Crippen LogP contribution in [0.3, 0.4) is 0 Å². The number of carbonyl (C=O) groups is 2. The van der Waals surface area contributed by atoms with Gasteiger partial charge in [0.2, 0.25) is 0 Å². The van der Waals surface area contributed by atoms with E-state index in [-0.39, 0.29) is 16.9 Å². The number of esters is 1. The first-order chi connectivity index (χ1) is 11.6. The third-order valence-corrected chi connectivity index (χ3v) is 3.42. The summed E-state index contributed by atoms with van der Waals surface area (Å²) in [6.07, 6.45) is -4.89. The van der Waals surface area contributed by atoms with Gasteiger partial charge >= 0.3 is 12.3 Å². The van der Waals surface area contributed by atoms with Gasteiger partial charge in [0.15, 0.2) is 5.75 Å². The summed E-state index contributed by atoms with van der Waals surface area (Å²) in [6.45, 7) is 3.11. The zero-order chi connectivity index (χ0) is 18.8. The number of methoxy groups -OCH3 is 1. The smallest absolute Gasteiger partial charge is 0.465 e. The first-order valence-corrected chi connectivity index (χ1v) is 7.07. The topological polar surface area (TPSA) is 80.4 Å². The zero-order valence-electron chi connectivity index (χ0n) is 13.6. The molecule has 1 aromatic heterocycles. The van der Waals surface area contributed by atoms with E-state index in [0.717, 1.165) is 6.07 Å². The van der Waals surface area contributed by atoms with Gasteiger partial charge in [-0.2, -0.15) is 0 Å². The SMILES string of the molecule is COC(=O)c1c(C)[nH]c(C(=O)Nc2ccccc2OC(F)(F)F)c1C. The fourth-order valence-electron chi connectivity index (χ4n) is 2.35. The van der Waals surface area contributed by atoms with Crippen LogP contribution in [0.15, 0.2) is 24.3 Å². The maximum atomic E-state index is 12.4. The number of halogens is 3. The molecule has 134 valence electrons. The van der Waals surface area contributed by atoms with E-state index in [4.69, 9.17) is 0 Å². The van der Waals surface area contributed by atoms with E-state index in [9.17, 15) is 22.8 Å². The van der Waals surface area contributed by atoms with Crippen molar-refractivity contribution in [2.45, 2.75) is 20.2 Å². The number of para-hydroxylation sites is 2. The summed E-state index contributed by atoms with van der Waals surface area (Å²) in [5.74, 6) is -1.88. The molecule has 0 aliphatic rings. The number of rotatable bonds is 4. The van der Waals surface area contributed by atoms with Gasteiger partial charge in [-0.3, -0.25) is 4.79 Å². The van der Waals surface area contributed by atoms with Crippen LogP contribution in [0.25, 0.3) is 0 Å². The Labute approximate surface area is 140 Å². The van der Waals surface area contributed by atoms with Crippen molar-refractivity contribution in [3.63, 3.8) is 0 Å². The van der Waals surface area contributed by atoms with Crippen molar-refractivity contribution in [2.75, 3.05) is 12.4 Å². The van der Waals surface area contributed by atoms with Crippen LogP contribution in [0.5, 0.6) is 5.75 Å². The summed E-state index contributed by atoms with van der Waals surface area (Å²) in [7, 11) is 1.21. The van der Waals surface area contributed by atoms with Crippen molar-refractivity contribution in [1.82, 2.24) is 4.98 Å². The lowest BCUT2D eigenvalue weighted by Crippen LogP contribution is -2.20. The lowest BCUT2D eigenvalue weighted by atomic mass is 10.1. The molecule has 1 heterocycles. The Balaban J connectivity index is 2.31. The van der Waals surface area contributed by atoms with Crippen LogP contribution in [-0.2, 0) is 4.74 Å². The van der Waals surface area contributed by atoms with Gasteiger partial charge in [-0.15, -0.1) is 13.2 Å². The monoisotopic (exact) mass is 356 g/mol. The molecule has 25 heavy (non-hydrogen) atoms. The molecule has 9 heteroatoms. The predicted octanol–water partition coefficient (Wildman–Crippen LogP) is 3.57. The molecule has 0 atom stereocenters. The summed E-state index contributed by atoms with van der Waals surface area (Å²) in [6, 6.07) is 5.14. The average Bonchev–Trinajstić information content (AvgIpc) is 2.82. The highest BCUT2D eigenvalue weighted by atomic mass is 19.4. The maximum Gasteiger partial charge on any atom is 0.573 e. The maximum absolute atomic E-state index is 12.4. The van der Waals surface area contributed by atoms with Crippen LogP contribution < -0.4 is 10.1 Å².